The number of ether oxygens (including phenoxy) is 2. The minimum Gasteiger partial charge on any atom is -0.508 e. The minimum absolute atomic E-state index is 0.0819. The third-order valence-corrected chi connectivity index (χ3v) is 7.74. The summed E-state index contributed by atoms with van der Waals surface area (Å²) in [5.74, 6) is -3.16. The number of aliphatic hydroxyl groups is 1. The first-order valence-corrected chi connectivity index (χ1v) is 14.2. The van der Waals surface area contributed by atoms with Gasteiger partial charge in [-0.1, -0.05) is 32.6 Å². The molecule has 7 heteroatoms. The molecule has 29 heavy (non-hydrogen) atoms. The predicted molar refractivity (Wildman–Crippen MR) is 112 cm³/mol. The monoisotopic (exact) mass is 420 g/mol. The van der Waals surface area contributed by atoms with E-state index in [2.05, 4.69) is 19.6 Å². The van der Waals surface area contributed by atoms with Crippen LogP contribution in [0.25, 0.3) is 0 Å². The molecular formula is C22H32O6Si. The van der Waals surface area contributed by atoms with Crippen LogP contribution in [0, 0.1) is 11.8 Å². The SMILES string of the molecule is CCCOC(=O)C1C(C(=O)OCC[Si](C)(C)C)C2CC(O)C1c1cc(O)ccc12. The van der Waals surface area contributed by atoms with Gasteiger partial charge in [0.15, 0.2) is 0 Å². The first-order valence-electron chi connectivity index (χ1n) is 10.5. The van der Waals surface area contributed by atoms with Crippen molar-refractivity contribution in [3.63, 3.8) is 0 Å². The van der Waals surface area contributed by atoms with Crippen molar-refractivity contribution in [3.05, 3.63) is 29.3 Å². The van der Waals surface area contributed by atoms with Gasteiger partial charge in [-0.25, -0.2) is 0 Å². The summed E-state index contributed by atoms with van der Waals surface area (Å²) in [6.07, 6.45) is 0.311. The highest BCUT2D eigenvalue weighted by atomic mass is 28.3. The molecule has 6 nitrogen and oxygen atoms in total. The lowest BCUT2D eigenvalue weighted by molar-refractivity contribution is -0.169. The van der Waals surface area contributed by atoms with E-state index < -0.39 is 37.9 Å². The Kier molecular flexibility index (Phi) is 6.38. The molecule has 1 saturated carbocycles. The average Bonchev–Trinajstić information content (AvgIpc) is 2.64. The Hall–Kier alpha value is -1.86. The number of benzene rings is 1. The van der Waals surface area contributed by atoms with Gasteiger partial charge >= 0.3 is 11.9 Å². The maximum Gasteiger partial charge on any atom is 0.310 e. The van der Waals surface area contributed by atoms with Crippen molar-refractivity contribution in [3.8, 4) is 5.75 Å². The van der Waals surface area contributed by atoms with E-state index in [-0.39, 0.29) is 24.2 Å². The van der Waals surface area contributed by atoms with Crippen LogP contribution in [0.2, 0.25) is 25.7 Å². The first kappa shape index (κ1) is 21.8. The van der Waals surface area contributed by atoms with Gasteiger partial charge in [0, 0.05) is 19.9 Å². The second-order valence-electron chi connectivity index (χ2n) is 9.45. The van der Waals surface area contributed by atoms with Gasteiger partial charge in [0.05, 0.1) is 31.2 Å². The summed E-state index contributed by atoms with van der Waals surface area (Å²) in [6.45, 7) is 9.18. The zero-order valence-electron chi connectivity index (χ0n) is 17.7. The number of phenolic OH excluding ortho intramolecular Hbond substituents is 1. The Labute approximate surface area is 173 Å². The van der Waals surface area contributed by atoms with E-state index in [0.29, 0.717) is 19.4 Å². The number of carbonyl (C=O) groups is 2. The predicted octanol–water partition coefficient (Wildman–Crippen LogP) is 3.40. The quantitative estimate of drug-likeness (QED) is 0.519. The minimum atomic E-state index is -1.36. The third kappa shape index (κ3) is 4.51. The second-order valence-corrected chi connectivity index (χ2v) is 15.1. The Morgan fingerprint density at radius 2 is 1.72 bits per heavy atom. The zero-order valence-corrected chi connectivity index (χ0v) is 18.7. The molecule has 2 bridgehead atoms. The van der Waals surface area contributed by atoms with Crippen LogP contribution in [0.3, 0.4) is 0 Å². The van der Waals surface area contributed by atoms with E-state index in [1.807, 2.05) is 6.92 Å². The molecule has 0 amide bonds. The van der Waals surface area contributed by atoms with Crippen LogP contribution in [-0.4, -0.2) is 49.5 Å². The maximum atomic E-state index is 13.1. The summed E-state index contributed by atoms with van der Waals surface area (Å²) in [6, 6.07) is 5.84. The number of esters is 2. The van der Waals surface area contributed by atoms with E-state index in [0.717, 1.165) is 17.2 Å². The molecule has 0 aromatic heterocycles. The summed E-state index contributed by atoms with van der Waals surface area (Å²) in [5, 5.41) is 20.7. The van der Waals surface area contributed by atoms with Crippen LogP contribution in [0.5, 0.6) is 5.75 Å². The standard InChI is InChI=1S/C22H32O6Si/c1-5-8-27-22(26)20-18-15-11-13(23)6-7-14(15)16(12-17(18)24)19(20)21(25)28-9-10-29(2,3)4/h6-7,11,16-20,23-24H,5,8-10,12H2,1-4H3. The van der Waals surface area contributed by atoms with Crippen molar-refractivity contribution < 1.29 is 29.3 Å². The summed E-state index contributed by atoms with van der Waals surface area (Å²) in [4.78, 5) is 26.0. The lowest BCUT2D eigenvalue weighted by Gasteiger charge is -2.49. The number of carbonyl (C=O) groups excluding carboxylic acids is 2. The summed E-state index contributed by atoms with van der Waals surface area (Å²) in [7, 11) is -1.36. The highest BCUT2D eigenvalue weighted by Crippen LogP contribution is 2.56. The molecule has 4 rings (SSSR count). The number of aliphatic hydroxyl groups excluding tert-OH is 1. The van der Waals surface area contributed by atoms with Crippen molar-refractivity contribution in [2.45, 2.75) is 63.4 Å². The maximum absolute atomic E-state index is 13.1. The van der Waals surface area contributed by atoms with Gasteiger partial charge in [0.1, 0.15) is 5.75 Å². The van der Waals surface area contributed by atoms with Crippen molar-refractivity contribution in [2.75, 3.05) is 13.2 Å². The van der Waals surface area contributed by atoms with Crippen LogP contribution in [0.15, 0.2) is 18.2 Å². The Balaban J connectivity index is 1.93. The topological polar surface area (TPSA) is 93.1 Å². The molecule has 160 valence electrons. The lowest BCUT2D eigenvalue weighted by Crippen LogP contribution is -2.52. The fraction of sp³-hybridized carbons (Fsp3) is 0.636. The smallest absolute Gasteiger partial charge is 0.310 e. The summed E-state index contributed by atoms with van der Waals surface area (Å²) >= 11 is 0. The number of hydrogen-bond acceptors (Lipinski definition) is 6. The van der Waals surface area contributed by atoms with Crippen molar-refractivity contribution in [2.24, 2.45) is 11.8 Å². The van der Waals surface area contributed by atoms with Gasteiger partial charge in [-0.15, -0.1) is 0 Å². The highest BCUT2D eigenvalue weighted by Gasteiger charge is 2.57. The van der Waals surface area contributed by atoms with Crippen molar-refractivity contribution >= 4 is 20.0 Å². The van der Waals surface area contributed by atoms with E-state index in [1.165, 1.54) is 0 Å². The molecular weight excluding hydrogens is 388 g/mol. The summed E-state index contributed by atoms with van der Waals surface area (Å²) in [5.41, 5.74) is 1.64. The Morgan fingerprint density at radius 1 is 1.07 bits per heavy atom. The first-order chi connectivity index (χ1) is 13.6. The normalized spacial score (nSPS) is 28.0. The Bertz CT molecular complexity index is 771. The molecule has 5 atom stereocenters. The fourth-order valence-electron chi connectivity index (χ4n) is 4.63. The molecule has 1 aromatic rings. The van der Waals surface area contributed by atoms with Crippen LogP contribution in [-0.2, 0) is 19.1 Å². The molecule has 1 fully saturated rings. The zero-order chi connectivity index (χ0) is 21.3. The third-order valence-electron chi connectivity index (χ3n) is 6.04. The molecule has 0 spiro atoms. The van der Waals surface area contributed by atoms with Crippen LogP contribution < -0.4 is 0 Å². The molecule has 1 aromatic carbocycles. The molecule has 0 saturated heterocycles. The molecule has 0 aliphatic heterocycles. The Morgan fingerprint density at radius 3 is 2.38 bits per heavy atom. The molecule has 5 unspecified atom stereocenters. The van der Waals surface area contributed by atoms with Gasteiger partial charge in [-0.3, -0.25) is 9.59 Å². The van der Waals surface area contributed by atoms with Crippen LogP contribution >= 0.6 is 0 Å². The van der Waals surface area contributed by atoms with Gasteiger partial charge < -0.3 is 19.7 Å². The van der Waals surface area contributed by atoms with E-state index >= 15 is 0 Å². The lowest BCUT2D eigenvalue weighted by atomic mass is 9.55. The highest BCUT2D eigenvalue weighted by molar-refractivity contribution is 6.76. The molecule has 0 radical (unpaired) electrons. The van der Waals surface area contributed by atoms with Crippen molar-refractivity contribution in [1.82, 2.24) is 0 Å². The fourth-order valence-corrected chi connectivity index (χ4v) is 5.35. The number of aromatic hydroxyl groups is 1. The molecule has 0 heterocycles. The number of phenols is 1. The van der Waals surface area contributed by atoms with Crippen LogP contribution in [0.1, 0.15) is 42.7 Å². The van der Waals surface area contributed by atoms with Gasteiger partial charge in [-0.05, 0) is 42.1 Å². The summed E-state index contributed by atoms with van der Waals surface area (Å²) < 4.78 is 11.0. The molecule has 2 N–H and O–H groups in total. The van der Waals surface area contributed by atoms with Gasteiger partial charge in [0.2, 0.25) is 0 Å². The number of rotatable bonds is 7. The largest absolute Gasteiger partial charge is 0.508 e. The van der Waals surface area contributed by atoms with Crippen LogP contribution in [0.4, 0.5) is 0 Å². The van der Waals surface area contributed by atoms with Crippen molar-refractivity contribution in [1.29, 1.82) is 0 Å². The van der Waals surface area contributed by atoms with E-state index in [9.17, 15) is 19.8 Å². The average molecular weight is 421 g/mol. The van der Waals surface area contributed by atoms with Gasteiger partial charge in [0.25, 0.3) is 0 Å². The number of hydrogen-bond donors (Lipinski definition) is 2. The number of fused-ring (bicyclic) bond motifs is 2. The molecule has 3 aliphatic rings. The molecule has 3 aliphatic carbocycles. The van der Waals surface area contributed by atoms with E-state index in [4.69, 9.17) is 9.47 Å². The second kappa shape index (κ2) is 8.48. The van der Waals surface area contributed by atoms with E-state index in [1.54, 1.807) is 18.2 Å². The van der Waals surface area contributed by atoms with Gasteiger partial charge in [-0.2, -0.15) is 0 Å².